The topological polar surface area (TPSA) is 29.5 Å². The number of ether oxygens (including phenoxy) is 1. The molecule has 0 bridgehead atoms. The number of nitrogens with zero attached hydrogens (tertiary/aromatic N) is 1. The highest BCUT2D eigenvalue weighted by Crippen LogP contribution is 2.32. The quantitative estimate of drug-likeness (QED) is 0.784. The van der Waals surface area contributed by atoms with Gasteiger partial charge in [-0.1, -0.05) is 46.3 Å². The number of hydrogen-bond acceptors (Lipinski definition) is 2. The number of carbonyl (C=O) groups excluding carboxylic acids is 1. The molecule has 17 heavy (non-hydrogen) atoms. The van der Waals surface area contributed by atoms with Gasteiger partial charge >= 0.3 is 6.09 Å². The van der Waals surface area contributed by atoms with Crippen molar-refractivity contribution in [1.82, 2.24) is 4.90 Å². The molecule has 3 nitrogen and oxygen atoms in total. The summed E-state index contributed by atoms with van der Waals surface area (Å²) < 4.78 is 5.50. The average Bonchev–Trinajstić information content (AvgIpc) is 2.32. The Kier molecular flexibility index (Phi) is 3.72. The number of rotatable bonds is 2. The summed E-state index contributed by atoms with van der Waals surface area (Å²) in [4.78, 5) is 13.7. The van der Waals surface area contributed by atoms with E-state index < -0.39 is 0 Å². The Morgan fingerprint density at radius 3 is 2.59 bits per heavy atom. The van der Waals surface area contributed by atoms with Crippen LogP contribution in [0.5, 0.6) is 0 Å². The van der Waals surface area contributed by atoms with Gasteiger partial charge in [0.2, 0.25) is 0 Å². The van der Waals surface area contributed by atoms with Crippen LogP contribution < -0.4 is 0 Å². The first-order valence-corrected chi connectivity index (χ1v) is 6.67. The van der Waals surface area contributed by atoms with Gasteiger partial charge in [-0.3, -0.25) is 0 Å². The molecule has 2 unspecified atom stereocenters. The first-order valence-electron chi connectivity index (χ1n) is 5.76. The summed E-state index contributed by atoms with van der Waals surface area (Å²) >= 11 is 3.61. The van der Waals surface area contributed by atoms with E-state index in [0.29, 0.717) is 6.54 Å². The first-order chi connectivity index (χ1) is 8.09. The van der Waals surface area contributed by atoms with Crippen LogP contribution in [0.2, 0.25) is 0 Å². The minimum Gasteiger partial charge on any atom is -0.440 e. The summed E-state index contributed by atoms with van der Waals surface area (Å²) in [6, 6.07) is 10.0. The van der Waals surface area contributed by atoms with E-state index in [4.69, 9.17) is 4.74 Å². The third kappa shape index (κ3) is 2.63. The first kappa shape index (κ1) is 12.4. The highest BCUT2D eigenvalue weighted by molar-refractivity contribution is 9.09. The summed E-state index contributed by atoms with van der Waals surface area (Å²) in [6.07, 6.45) is -0.428. The molecule has 1 aliphatic heterocycles. The second kappa shape index (κ2) is 5.08. The number of amides is 1. The second-order valence-corrected chi connectivity index (χ2v) is 5.65. The van der Waals surface area contributed by atoms with Crippen LogP contribution in [-0.4, -0.2) is 28.4 Å². The number of carbonyl (C=O) groups is 1. The van der Waals surface area contributed by atoms with Crippen molar-refractivity contribution in [3.05, 3.63) is 35.9 Å². The molecule has 1 aromatic carbocycles. The molecule has 0 aliphatic carbocycles. The molecule has 1 amide bonds. The van der Waals surface area contributed by atoms with Gasteiger partial charge in [0.1, 0.15) is 6.10 Å². The molecule has 1 aliphatic rings. The Hall–Kier alpha value is -1.03. The number of halogens is 1. The average molecular weight is 298 g/mol. The fraction of sp³-hybridized carbons (Fsp3) is 0.462. The van der Waals surface area contributed by atoms with Gasteiger partial charge in [-0.2, -0.15) is 0 Å². The third-order valence-corrected chi connectivity index (χ3v) is 3.68. The van der Waals surface area contributed by atoms with Crippen molar-refractivity contribution >= 4 is 22.0 Å². The summed E-state index contributed by atoms with van der Waals surface area (Å²) in [7, 11) is 0. The maximum absolute atomic E-state index is 11.8. The van der Waals surface area contributed by atoms with Crippen LogP contribution in [-0.2, 0) is 4.74 Å². The lowest BCUT2D eigenvalue weighted by atomic mass is 10.0. The predicted octanol–water partition coefficient (Wildman–Crippen LogP) is 3.35. The van der Waals surface area contributed by atoms with E-state index in [1.54, 1.807) is 4.90 Å². The fourth-order valence-corrected chi connectivity index (χ4v) is 2.67. The van der Waals surface area contributed by atoms with Crippen LogP contribution in [0.1, 0.15) is 25.5 Å². The molecule has 0 radical (unpaired) electrons. The molecule has 0 spiro atoms. The zero-order valence-electron chi connectivity index (χ0n) is 9.97. The molecule has 1 aromatic rings. The van der Waals surface area contributed by atoms with Crippen molar-refractivity contribution in [2.24, 2.45) is 0 Å². The van der Waals surface area contributed by atoms with Crippen LogP contribution in [0.15, 0.2) is 30.3 Å². The van der Waals surface area contributed by atoms with Gasteiger partial charge in [-0.05, 0) is 19.4 Å². The largest absolute Gasteiger partial charge is 0.440 e. The Morgan fingerprint density at radius 1 is 1.35 bits per heavy atom. The smallest absolute Gasteiger partial charge is 0.410 e. The zero-order chi connectivity index (χ0) is 12.4. The van der Waals surface area contributed by atoms with Crippen molar-refractivity contribution in [2.75, 3.05) is 6.54 Å². The van der Waals surface area contributed by atoms with Crippen molar-refractivity contribution in [1.29, 1.82) is 0 Å². The molecule has 0 aromatic heterocycles. The number of hydrogen-bond donors (Lipinski definition) is 0. The molecule has 2 rings (SSSR count). The Balaban J connectivity index is 2.16. The second-order valence-electron chi connectivity index (χ2n) is 4.48. The van der Waals surface area contributed by atoms with E-state index >= 15 is 0 Å². The SMILES string of the molecule is CC(C)N1CC(Br)C(c2ccccc2)OC1=O. The van der Waals surface area contributed by atoms with Crippen LogP contribution >= 0.6 is 15.9 Å². The predicted molar refractivity (Wildman–Crippen MR) is 70.2 cm³/mol. The Labute approximate surface area is 110 Å². The maximum Gasteiger partial charge on any atom is 0.410 e. The molecule has 92 valence electrons. The van der Waals surface area contributed by atoms with E-state index in [1.807, 2.05) is 44.2 Å². The minimum absolute atomic E-state index is 0.130. The van der Waals surface area contributed by atoms with Gasteiger partial charge in [0.15, 0.2) is 0 Å². The van der Waals surface area contributed by atoms with E-state index in [9.17, 15) is 4.79 Å². The lowest BCUT2D eigenvalue weighted by molar-refractivity contribution is 0.0205. The van der Waals surface area contributed by atoms with Crippen LogP contribution in [0, 0.1) is 0 Å². The van der Waals surface area contributed by atoms with Gasteiger partial charge in [-0.25, -0.2) is 4.79 Å². The van der Waals surface area contributed by atoms with E-state index in [1.165, 1.54) is 0 Å². The highest BCUT2D eigenvalue weighted by atomic mass is 79.9. The lowest BCUT2D eigenvalue weighted by Crippen LogP contribution is -2.48. The zero-order valence-corrected chi connectivity index (χ0v) is 11.6. The third-order valence-electron chi connectivity index (χ3n) is 2.91. The normalized spacial score (nSPS) is 24.9. The molecule has 0 saturated carbocycles. The molecular formula is C13H16BrNO2. The molecule has 0 N–H and O–H groups in total. The van der Waals surface area contributed by atoms with Crippen molar-refractivity contribution < 1.29 is 9.53 Å². The van der Waals surface area contributed by atoms with Gasteiger partial charge in [0.05, 0.1) is 4.83 Å². The van der Waals surface area contributed by atoms with E-state index in [0.717, 1.165) is 5.56 Å². The van der Waals surface area contributed by atoms with Crippen LogP contribution in [0.25, 0.3) is 0 Å². The van der Waals surface area contributed by atoms with Gasteiger partial charge in [0.25, 0.3) is 0 Å². The van der Waals surface area contributed by atoms with Crippen molar-refractivity contribution in [3.8, 4) is 0 Å². The van der Waals surface area contributed by atoms with Crippen LogP contribution in [0.3, 0.4) is 0 Å². The molecule has 1 heterocycles. The monoisotopic (exact) mass is 297 g/mol. The number of cyclic esters (lactones) is 1. The molecule has 4 heteroatoms. The minimum atomic E-state index is -0.232. The van der Waals surface area contributed by atoms with Gasteiger partial charge in [-0.15, -0.1) is 0 Å². The molecule has 1 saturated heterocycles. The maximum atomic E-state index is 11.8. The molecular weight excluding hydrogens is 282 g/mol. The molecule has 2 atom stereocenters. The summed E-state index contributed by atoms with van der Waals surface area (Å²) in [5.74, 6) is 0. The van der Waals surface area contributed by atoms with Crippen LogP contribution in [0.4, 0.5) is 4.79 Å². The number of benzene rings is 1. The standard InChI is InChI=1S/C13H16BrNO2/c1-9(2)15-8-11(14)12(17-13(15)16)10-6-4-3-5-7-10/h3-7,9,11-12H,8H2,1-2H3. The van der Waals surface area contributed by atoms with E-state index in [2.05, 4.69) is 15.9 Å². The van der Waals surface area contributed by atoms with Crippen molar-refractivity contribution in [2.45, 2.75) is 30.8 Å². The number of alkyl halides is 1. The highest BCUT2D eigenvalue weighted by Gasteiger charge is 2.35. The summed E-state index contributed by atoms with van der Waals surface area (Å²) in [5.41, 5.74) is 1.03. The van der Waals surface area contributed by atoms with Crippen molar-refractivity contribution in [3.63, 3.8) is 0 Å². The van der Waals surface area contributed by atoms with Gasteiger partial charge in [0, 0.05) is 12.6 Å². The van der Waals surface area contributed by atoms with Gasteiger partial charge < -0.3 is 9.64 Å². The lowest BCUT2D eigenvalue weighted by Gasteiger charge is -2.37. The summed E-state index contributed by atoms with van der Waals surface area (Å²) in [5, 5.41) is 0. The Bertz CT molecular complexity index is 394. The Morgan fingerprint density at radius 2 is 2.00 bits per heavy atom. The van der Waals surface area contributed by atoms with E-state index in [-0.39, 0.29) is 23.1 Å². The fourth-order valence-electron chi connectivity index (χ4n) is 1.95. The molecule has 1 fully saturated rings. The summed E-state index contributed by atoms with van der Waals surface area (Å²) in [6.45, 7) is 4.66.